The molecule has 35 heavy (non-hydrogen) atoms. The number of nitrogens with zero attached hydrogens (tertiary/aromatic N) is 4. The van der Waals surface area contributed by atoms with Gasteiger partial charge in [-0.2, -0.15) is 0 Å². The minimum Gasteiger partial charge on any atom is -0.485 e. The van der Waals surface area contributed by atoms with Crippen LogP contribution >= 0.6 is 23.1 Å². The van der Waals surface area contributed by atoms with Crippen LogP contribution in [0.2, 0.25) is 0 Å². The number of amides is 1. The third-order valence-corrected chi connectivity index (χ3v) is 7.40. The molecule has 0 saturated heterocycles. The van der Waals surface area contributed by atoms with Crippen LogP contribution in [0.3, 0.4) is 0 Å². The van der Waals surface area contributed by atoms with E-state index in [4.69, 9.17) is 4.74 Å². The van der Waals surface area contributed by atoms with E-state index in [1.165, 1.54) is 23.1 Å². The third kappa shape index (κ3) is 6.10. The third-order valence-electron chi connectivity index (χ3n) is 5.50. The number of ether oxygens (including phenoxy) is 1. The summed E-state index contributed by atoms with van der Waals surface area (Å²) in [5.41, 5.74) is 4.25. The molecule has 0 atom stereocenters. The lowest BCUT2D eigenvalue weighted by atomic mass is 10.0. The first kappa shape index (κ1) is 24.9. The zero-order valence-corrected chi connectivity index (χ0v) is 22.2. The van der Waals surface area contributed by atoms with Gasteiger partial charge >= 0.3 is 0 Å². The fourth-order valence-corrected chi connectivity index (χ4v) is 5.16. The average molecular weight is 508 g/mol. The summed E-state index contributed by atoms with van der Waals surface area (Å²) in [4.78, 5) is 18.2. The Hall–Kier alpha value is -3.17. The molecule has 0 aliphatic heterocycles. The van der Waals surface area contributed by atoms with Crippen molar-refractivity contribution in [1.82, 2.24) is 19.7 Å². The van der Waals surface area contributed by atoms with Crippen molar-refractivity contribution in [1.29, 1.82) is 0 Å². The lowest BCUT2D eigenvalue weighted by molar-refractivity contribution is -0.113. The number of thioether (sulfide) groups is 1. The summed E-state index contributed by atoms with van der Waals surface area (Å²) >= 11 is 2.81. The number of hydrogen-bond donors (Lipinski definition) is 1. The maximum absolute atomic E-state index is 12.6. The molecule has 9 heteroatoms. The standard InChI is InChI=1S/C26H29N5O2S2/c1-16(2)20-12-11-17(3)13-21(20)33-14-22-29-30-26(31(22)5)34-15-23(32)27-25-28-24(18(4)35-25)19-9-7-6-8-10-19/h6-13,16H,14-15H2,1-5H3,(H,27,28,32). The van der Waals surface area contributed by atoms with Gasteiger partial charge in [0.05, 0.1) is 11.4 Å². The summed E-state index contributed by atoms with van der Waals surface area (Å²) in [6.07, 6.45) is 0. The molecule has 1 N–H and O–H groups in total. The molecule has 2 aromatic carbocycles. The molecule has 2 aromatic heterocycles. The highest BCUT2D eigenvalue weighted by molar-refractivity contribution is 7.99. The largest absolute Gasteiger partial charge is 0.485 e. The van der Waals surface area contributed by atoms with Crippen molar-refractivity contribution in [3.05, 3.63) is 70.4 Å². The van der Waals surface area contributed by atoms with Gasteiger partial charge in [0.2, 0.25) is 5.91 Å². The summed E-state index contributed by atoms with van der Waals surface area (Å²) in [6, 6.07) is 16.2. The number of hydrogen-bond acceptors (Lipinski definition) is 7. The van der Waals surface area contributed by atoms with E-state index in [1.54, 1.807) is 0 Å². The van der Waals surface area contributed by atoms with Crippen molar-refractivity contribution in [2.75, 3.05) is 11.1 Å². The first-order chi connectivity index (χ1) is 16.8. The predicted octanol–water partition coefficient (Wildman–Crippen LogP) is 5.99. The summed E-state index contributed by atoms with van der Waals surface area (Å²) in [5.74, 6) is 2.00. The van der Waals surface area contributed by atoms with E-state index >= 15 is 0 Å². The van der Waals surface area contributed by atoms with Crippen LogP contribution in [0.4, 0.5) is 5.13 Å². The monoisotopic (exact) mass is 507 g/mol. The summed E-state index contributed by atoms with van der Waals surface area (Å²) < 4.78 is 7.96. The van der Waals surface area contributed by atoms with E-state index in [-0.39, 0.29) is 11.7 Å². The number of carbonyl (C=O) groups is 1. The molecule has 0 spiro atoms. The fraction of sp³-hybridized carbons (Fsp3) is 0.308. The first-order valence-corrected chi connectivity index (χ1v) is 13.2. The van der Waals surface area contributed by atoms with Crippen LogP contribution in [-0.2, 0) is 18.4 Å². The van der Waals surface area contributed by atoms with Gasteiger partial charge < -0.3 is 14.6 Å². The van der Waals surface area contributed by atoms with E-state index in [9.17, 15) is 4.79 Å². The van der Waals surface area contributed by atoms with Crippen LogP contribution in [0.15, 0.2) is 53.7 Å². The van der Waals surface area contributed by atoms with Crippen LogP contribution in [0, 0.1) is 13.8 Å². The second kappa shape index (κ2) is 11.0. The Morgan fingerprint density at radius 1 is 1.14 bits per heavy atom. The van der Waals surface area contributed by atoms with Gasteiger partial charge in [0.15, 0.2) is 16.1 Å². The Labute approximate surface area is 214 Å². The molecule has 0 unspecified atom stereocenters. The molecule has 0 saturated carbocycles. The fourth-order valence-electron chi connectivity index (χ4n) is 3.58. The number of benzene rings is 2. The van der Waals surface area contributed by atoms with Gasteiger partial charge in [0.25, 0.3) is 0 Å². The van der Waals surface area contributed by atoms with Crippen LogP contribution in [-0.4, -0.2) is 31.4 Å². The second-order valence-electron chi connectivity index (χ2n) is 8.57. The topological polar surface area (TPSA) is 81.9 Å². The van der Waals surface area contributed by atoms with Crippen molar-refractivity contribution in [2.45, 2.75) is 45.4 Å². The molecule has 0 bridgehead atoms. The number of anilines is 1. The Balaban J connectivity index is 1.34. The van der Waals surface area contributed by atoms with E-state index in [1.807, 2.05) is 48.9 Å². The van der Waals surface area contributed by atoms with Gasteiger partial charge in [0, 0.05) is 17.5 Å². The van der Waals surface area contributed by atoms with Crippen LogP contribution in [0.5, 0.6) is 5.75 Å². The molecule has 1 amide bonds. The molecule has 4 aromatic rings. The van der Waals surface area contributed by atoms with Crippen molar-refractivity contribution in [3.63, 3.8) is 0 Å². The van der Waals surface area contributed by atoms with Gasteiger partial charge in [-0.1, -0.05) is 68.1 Å². The Morgan fingerprint density at radius 2 is 1.91 bits per heavy atom. The highest BCUT2D eigenvalue weighted by Crippen LogP contribution is 2.31. The van der Waals surface area contributed by atoms with Gasteiger partial charge in [0.1, 0.15) is 12.4 Å². The van der Waals surface area contributed by atoms with Crippen LogP contribution in [0.1, 0.15) is 41.6 Å². The minimum atomic E-state index is -0.134. The molecular formula is C26H29N5O2S2. The van der Waals surface area contributed by atoms with Crippen molar-refractivity contribution in [2.24, 2.45) is 7.05 Å². The lowest BCUT2D eigenvalue weighted by Crippen LogP contribution is -2.14. The molecule has 0 fully saturated rings. The van der Waals surface area contributed by atoms with Gasteiger partial charge in [-0.05, 0) is 37.0 Å². The Morgan fingerprint density at radius 3 is 2.66 bits per heavy atom. The molecule has 0 aliphatic carbocycles. The van der Waals surface area contributed by atoms with Crippen molar-refractivity contribution >= 4 is 34.1 Å². The smallest absolute Gasteiger partial charge is 0.236 e. The number of aryl methyl sites for hydroxylation is 2. The predicted molar refractivity (Wildman–Crippen MR) is 142 cm³/mol. The van der Waals surface area contributed by atoms with E-state index in [2.05, 4.69) is 59.5 Å². The number of aromatic nitrogens is 4. The highest BCUT2D eigenvalue weighted by Gasteiger charge is 2.16. The molecule has 0 radical (unpaired) electrons. The molecule has 7 nitrogen and oxygen atoms in total. The van der Waals surface area contributed by atoms with E-state index < -0.39 is 0 Å². The zero-order chi connectivity index (χ0) is 24.9. The maximum Gasteiger partial charge on any atom is 0.236 e. The molecule has 4 rings (SSSR count). The first-order valence-electron chi connectivity index (χ1n) is 11.4. The number of rotatable bonds is 9. The molecule has 2 heterocycles. The Kier molecular flexibility index (Phi) is 7.87. The van der Waals surface area contributed by atoms with E-state index in [0.717, 1.165) is 33.0 Å². The summed E-state index contributed by atoms with van der Waals surface area (Å²) in [6.45, 7) is 8.66. The van der Waals surface area contributed by atoms with Crippen LogP contribution in [0.25, 0.3) is 11.3 Å². The van der Waals surface area contributed by atoms with E-state index in [0.29, 0.717) is 28.6 Å². The minimum absolute atomic E-state index is 0.134. The molecule has 182 valence electrons. The lowest BCUT2D eigenvalue weighted by Gasteiger charge is -2.14. The van der Waals surface area contributed by atoms with Gasteiger partial charge in [-0.15, -0.1) is 21.5 Å². The molecular weight excluding hydrogens is 478 g/mol. The molecule has 0 aliphatic rings. The zero-order valence-electron chi connectivity index (χ0n) is 20.5. The van der Waals surface area contributed by atoms with Gasteiger partial charge in [-0.25, -0.2) is 4.98 Å². The normalized spacial score (nSPS) is 11.1. The number of nitrogens with one attached hydrogen (secondary N) is 1. The Bertz CT molecular complexity index is 1310. The highest BCUT2D eigenvalue weighted by atomic mass is 32.2. The second-order valence-corrected chi connectivity index (χ2v) is 10.7. The number of carbonyl (C=O) groups excluding carboxylic acids is 1. The SMILES string of the molecule is Cc1ccc(C(C)C)c(OCc2nnc(SCC(=O)Nc3nc(-c4ccccc4)c(C)s3)n2C)c1. The summed E-state index contributed by atoms with van der Waals surface area (Å²) in [5, 5.41) is 12.7. The van der Waals surface area contributed by atoms with Crippen molar-refractivity contribution in [3.8, 4) is 17.0 Å². The quantitative estimate of drug-likeness (QED) is 0.280. The number of thiazole rings is 1. The van der Waals surface area contributed by atoms with Crippen molar-refractivity contribution < 1.29 is 9.53 Å². The maximum atomic E-state index is 12.6. The summed E-state index contributed by atoms with van der Waals surface area (Å²) in [7, 11) is 1.88. The average Bonchev–Trinajstić information content (AvgIpc) is 3.38. The van der Waals surface area contributed by atoms with Gasteiger partial charge in [-0.3, -0.25) is 4.79 Å². The van der Waals surface area contributed by atoms with Crippen LogP contribution < -0.4 is 10.1 Å².